The van der Waals surface area contributed by atoms with Crippen molar-refractivity contribution in [3.63, 3.8) is 0 Å². The molecule has 1 atom stereocenters. The Balaban J connectivity index is 2.24. The van der Waals surface area contributed by atoms with E-state index in [0.717, 1.165) is 5.75 Å². The molecule has 5 heteroatoms. The SMILES string of the molecule is CCS[C@H]1CC(=O)N(c2ccc(Cl)cc2)C1=O. The van der Waals surface area contributed by atoms with Gasteiger partial charge in [0.1, 0.15) is 0 Å². The van der Waals surface area contributed by atoms with Crippen LogP contribution >= 0.6 is 23.4 Å². The van der Waals surface area contributed by atoms with Gasteiger partial charge in [0, 0.05) is 11.4 Å². The molecule has 0 aromatic heterocycles. The van der Waals surface area contributed by atoms with Gasteiger partial charge in [0.15, 0.2) is 0 Å². The van der Waals surface area contributed by atoms with Crippen LogP contribution in [0.5, 0.6) is 0 Å². The average Bonchev–Trinajstić information content (AvgIpc) is 2.57. The Labute approximate surface area is 109 Å². The Morgan fingerprint density at radius 1 is 1.35 bits per heavy atom. The molecule has 17 heavy (non-hydrogen) atoms. The van der Waals surface area contributed by atoms with Gasteiger partial charge in [0.25, 0.3) is 0 Å². The Kier molecular flexibility index (Phi) is 3.74. The van der Waals surface area contributed by atoms with Gasteiger partial charge in [-0.1, -0.05) is 18.5 Å². The fraction of sp³-hybridized carbons (Fsp3) is 0.333. The van der Waals surface area contributed by atoms with Crippen molar-refractivity contribution >= 4 is 40.9 Å². The molecule has 0 spiro atoms. The number of halogens is 1. The first-order valence-electron chi connectivity index (χ1n) is 5.37. The lowest BCUT2D eigenvalue weighted by Gasteiger charge is -2.14. The normalized spacial score (nSPS) is 20.1. The predicted octanol–water partition coefficient (Wildman–Crippen LogP) is 2.73. The van der Waals surface area contributed by atoms with Crippen LogP contribution in [0.2, 0.25) is 5.02 Å². The maximum absolute atomic E-state index is 12.0. The number of hydrogen-bond donors (Lipinski definition) is 0. The van der Waals surface area contributed by atoms with Gasteiger partial charge in [-0.25, -0.2) is 4.90 Å². The van der Waals surface area contributed by atoms with Crippen LogP contribution in [0.4, 0.5) is 5.69 Å². The Morgan fingerprint density at radius 2 is 2.00 bits per heavy atom. The van der Waals surface area contributed by atoms with E-state index in [0.29, 0.717) is 17.1 Å². The van der Waals surface area contributed by atoms with Crippen molar-refractivity contribution < 1.29 is 9.59 Å². The molecule has 90 valence electrons. The van der Waals surface area contributed by atoms with Crippen LogP contribution in [-0.4, -0.2) is 22.8 Å². The van der Waals surface area contributed by atoms with Gasteiger partial charge in [-0.05, 0) is 30.0 Å². The van der Waals surface area contributed by atoms with Crippen LogP contribution in [0, 0.1) is 0 Å². The molecule has 1 aliphatic heterocycles. The van der Waals surface area contributed by atoms with Gasteiger partial charge < -0.3 is 0 Å². The van der Waals surface area contributed by atoms with Crippen LogP contribution in [0.3, 0.4) is 0 Å². The molecule has 1 saturated heterocycles. The van der Waals surface area contributed by atoms with E-state index in [1.165, 1.54) is 16.7 Å². The lowest BCUT2D eigenvalue weighted by Crippen LogP contribution is -2.31. The maximum atomic E-state index is 12.0. The zero-order valence-corrected chi connectivity index (χ0v) is 10.9. The van der Waals surface area contributed by atoms with Crippen molar-refractivity contribution in [2.24, 2.45) is 0 Å². The molecular formula is C12H12ClNO2S. The first-order valence-corrected chi connectivity index (χ1v) is 6.80. The third-order valence-corrected chi connectivity index (χ3v) is 3.91. The molecular weight excluding hydrogens is 258 g/mol. The number of anilines is 1. The molecule has 1 aromatic rings. The van der Waals surface area contributed by atoms with Gasteiger partial charge in [0.05, 0.1) is 10.9 Å². The fourth-order valence-electron chi connectivity index (χ4n) is 1.80. The molecule has 1 heterocycles. The van der Waals surface area contributed by atoms with E-state index in [1.807, 2.05) is 6.92 Å². The highest BCUT2D eigenvalue weighted by Crippen LogP contribution is 2.29. The first kappa shape index (κ1) is 12.5. The molecule has 0 radical (unpaired) electrons. The summed E-state index contributed by atoms with van der Waals surface area (Å²) in [6.45, 7) is 1.98. The zero-order valence-electron chi connectivity index (χ0n) is 9.35. The van der Waals surface area contributed by atoms with Crippen LogP contribution in [0.25, 0.3) is 0 Å². The predicted molar refractivity (Wildman–Crippen MR) is 70.5 cm³/mol. The van der Waals surface area contributed by atoms with Crippen molar-refractivity contribution in [1.29, 1.82) is 0 Å². The van der Waals surface area contributed by atoms with Crippen molar-refractivity contribution in [2.75, 3.05) is 10.7 Å². The third kappa shape index (κ3) is 2.48. The number of hydrogen-bond acceptors (Lipinski definition) is 3. The van der Waals surface area contributed by atoms with Gasteiger partial charge in [0.2, 0.25) is 11.8 Å². The second-order valence-electron chi connectivity index (χ2n) is 3.69. The highest BCUT2D eigenvalue weighted by atomic mass is 35.5. The first-order chi connectivity index (χ1) is 8.13. The van der Waals surface area contributed by atoms with Crippen LogP contribution < -0.4 is 4.90 Å². The fourth-order valence-corrected chi connectivity index (χ4v) is 2.83. The molecule has 0 N–H and O–H groups in total. The van der Waals surface area contributed by atoms with Gasteiger partial charge in [-0.15, -0.1) is 11.8 Å². The molecule has 2 rings (SSSR count). The second kappa shape index (κ2) is 5.10. The van der Waals surface area contributed by atoms with Crippen molar-refractivity contribution in [2.45, 2.75) is 18.6 Å². The summed E-state index contributed by atoms with van der Waals surface area (Å²) < 4.78 is 0. The molecule has 0 saturated carbocycles. The van der Waals surface area contributed by atoms with E-state index < -0.39 is 0 Å². The minimum atomic E-state index is -0.233. The summed E-state index contributed by atoms with van der Waals surface area (Å²) in [5.74, 6) is 0.574. The largest absolute Gasteiger partial charge is 0.274 e. The van der Waals surface area contributed by atoms with Gasteiger partial charge >= 0.3 is 0 Å². The van der Waals surface area contributed by atoms with Crippen LogP contribution in [-0.2, 0) is 9.59 Å². The Hall–Kier alpha value is -1.00. The molecule has 0 aliphatic carbocycles. The number of rotatable bonds is 3. The molecule has 3 nitrogen and oxygen atoms in total. The average molecular weight is 270 g/mol. The zero-order chi connectivity index (χ0) is 12.4. The topological polar surface area (TPSA) is 37.4 Å². The second-order valence-corrected chi connectivity index (χ2v) is 5.61. The van der Waals surface area contributed by atoms with E-state index in [-0.39, 0.29) is 17.1 Å². The lowest BCUT2D eigenvalue weighted by molar-refractivity contribution is -0.121. The Morgan fingerprint density at radius 3 is 2.59 bits per heavy atom. The minimum absolute atomic E-state index is 0.121. The van der Waals surface area contributed by atoms with Gasteiger partial charge in [-0.2, -0.15) is 0 Å². The van der Waals surface area contributed by atoms with Crippen LogP contribution in [0.1, 0.15) is 13.3 Å². The van der Waals surface area contributed by atoms with Gasteiger partial charge in [-0.3, -0.25) is 9.59 Å². The monoisotopic (exact) mass is 269 g/mol. The minimum Gasteiger partial charge on any atom is -0.274 e. The number of imide groups is 1. The van der Waals surface area contributed by atoms with Crippen molar-refractivity contribution in [3.8, 4) is 0 Å². The molecule has 0 bridgehead atoms. The molecule has 1 fully saturated rings. The van der Waals surface area contributed by atoms with Crippen molar-refractivity contribution in [1.82, 2.24) is 0 Å². The number of carbonyl (C=O) groups is 2. The molecule has 1 aliphatic rings. The van der Waals surface area contributed by atoms with E-state index in [9.17, 15) is 9.59 Å². The summed E-state index contributed by atoms with van der Waals surface area (Å²) in [6.07, 6.45) is 0.292. The third-order valence-electron chi connectivity index (χ3n) is 2.56. The molecule has 1 aromatic carbocycles. The highest BCUT2D eigenvalue weighted by molar-refractivity contribution is 8.00. The number of carbonyl (C=O) groups excluding carboxylic acids is 2. The highest BCUT2D eigenvalue weighted by Gasteiger charge is 2.39. The molecule has 0 unspecified atom stereocenters. The quantitative estimate of drug-likeness (QED) is 0.792. The number of amides is 2. The summed E-state index contributed by atoms with van der Waals surface area (Å²) in [5.41, 5.74) is 0.601. The number of nitrogens with zero attached hydrogens (tertiary/aromatic N) is 1. The summed E-state index contributed by atoms with van der Waals surface area (Å²) in [5, 5.41) is 0.357. The van der Waals surface area contributed by atoms with E-state index in [4.69, 9.17) is 11.6 Å². The molecule has 2 amide bonds. The summed E-state index contributed by atoms with van der Waals surface area (Å²) in [6, 6.07) is 6.74. The summed E-state index contributed by atoms with van der Waals surface area (Å²) in [7, 11) is 0. The number of thioether (sulfide) groups is 1. The maximum Gasteiger partial charge on any atom is 0.247 e. The Bertz CT molecular complexity index is 446. The standard InChI is InChI=1S/C12H12ClNO2S/c1-2-17-10-7-11(15)14(12(10)16)9-5-3-8(13)4-6-9/h3-6,10H,2,7H2,1H3/t10-/m0/s1. The van der Waals surface area contributed by atoms with E-state index in [1.54, 1.807) is 24.3 Å². The smallest absolute Gasteiger partial charge is 0.247 e. The van der Waals surface area contributed by atoms with E-state index in [2.05, 4.69) is 0 Å². The van der Waals surface area contributed by atoms with E-state index >= 15 is 0 Å². The van der Waals surface area contributed by atoms with Crippen molar-refractivity contribution in [3.05, 3.63) is 29.3 Å². The number of benzene rings is 1. The lowest BCUT2D eigenvalue weighted by atomic mass is 10.3. The van der Waals surface area contributed by atoms with Crippen LogP contribution in [0.15, 0.2) is 24.3 Å². The summed E-state index contributed by atoms with van der Waals surface area (Å²) >= 11 is 7.29. The summed E-state index contributed by atoms with van der Waals surface area (Å²) in [4.78, 5) is 25.1.